The third-order valence-electron chi connectivity index (χ3n) is 2.76. The predicted molar refractivity (Wildman–Crippen MR) is 74.5 cm³/mol. The molecule has 0 heterocycles. The van der Waals surface area contributed by atoms with Crippen molar-refractivity contribution in [1.29, 1.82) is 0 Å². The molecule has 0 bridgehead atoms. The SMILES string of the molecule is CC(=O)N[C@H](C)C(=O)N[C@@H](Cc1ccccc1)C(N)=O. The molecule has 0 aromatic heterocycles. The Hall–Kier alpha value is -2.37. The van der Waals surface area contributed by atoms with Gasteiger partial charge in [-0.1, -0.05) is 30.3 Å². The summed E-state index contributed by atoms with van der Waals surface area (Å²) in [6.45, 7) is 2.86. The molecule has 1 aromatic carbocycles. The molecule has 0 aliphatic rings. The van der Waals surface area contributed by atoms with Crippen LogP contribution < -0.4 is 16.4 Å². The fourth-order valence-electron chi connectivity index (χ4n) is 1.74. The maximum atomic E-state index is 11.8. The van der Waals surface area contributed by atoms with Crippen molar-refractivity contribution >= 4 is 17.7 Å². The molecule has 0 fully saturated rings. The van der Waals surface area contributed by atoms with Gasteiger partial charge in [0, 0.05) is 13.3 Å². The minimum atomic E-state index is -0.805. The highest BCUT2D eigenvalue weighted by Crippen LogP contribution is 2.03. The van der Waals surface area contributed by atoms with Gasteiger partial charge in [0.2, 0.25) is 17.7 Å². The number of hydrogen-bond donors (Lipinski definition) is 3. The number of carbonyl (C=O) groups is 3. The lowest BCUT2D eigenvalue weighted by Gasteiger charge is -2.19. The van der Waals surface area contributed by atoms with Crippen LogP contribution in [0.1, 0.15) is 19.4 Å². The van der Waals surface area contributed by atoms with Gasteiger partial charge < -0.3 is 16.4 Å². The zero-order valence-corrected chi connectivity index (χ0v) is 11.6. The molecule has 108 valence electrons. The van der Waals surface area contributed by atoms with E-state index in [1.165, 1.54) is 13.8 Å². The smallest absolute Gasteiger partial charge is 0.242 e. The van der Waals surface area contributed by atoms with E-state index in [0.29, 0.717) is 6.42 Å². The first kappa shape index (κ1) is 15.7. The van der Waals surface area contributed by atoms with Crippen LogP contribution in [0.25, 0.3) is 0 Å². The third-order valence-corrected chi connectivity index (χ3v) is 2.76. The minimum Gasteiger partial charge on any atom is -0.368 e. The van der Waals surface area contributed by atoms with E-state index < -0.39 is 23.9 Å². The monoisotopic (exact) mass is 277 g/mol. The van der Waals surface area contributed by atoms with Crippen molar-refractivity contribution in [3.63, 3.8) is 0 Å². The molecule has 20 heavy (non-hydrogen) atoms. The second-order valence-corrected chi connectivity index (χ2v) is 4.58. The summed E-state index contributed by atoms with van der Waals surface area (Å²) in [4.78, 5) is 34.1. The average molecular weight is 277 g/mol. The van der Waals surface area contributed by atoms with Crippen LogP contribution in [0.15, 0.2) is 30.3 Å². The van der Waals surface area contributed by atoms with E-state index in [4.69, 9.17) is 5.73 Å². The molecule has 0 radical (unpaired) electrons. The Bertz CT molecular complexity index is 488. The van der Waals surface area contributed by atoms with Crippen LogP contribution in [-0.2, 0) is 20.8 Å². The first-order chi connectivity index (χ1) is 9.40. The van der Waals surface area contributed by atoms with E-state index in [1.807, 2.05) is 30.3 Å². The first-order valence-electron chi connectivity index (χ1n) is 6.31. The highest BCUT2D eigenvalue weighted by atomic mass is 16.2. The average Bonchev–Trinajstić information content (AvgIpc) is 2.38. The number of amides is 3. The van der Waals surface area contributed by atoms with Crippen molar-refractivity contribution in [2.24, 2.45) is 5.73 Å². The van der Waals surface area contributed by atoms with Gasteiger partial charge in [-0.05, 0) is 12.5 Å². The number of nitrogens with two attached hydrogens (primary N) is 1. The summed E-state index contributed by atoms with van der Waals surface area (Å²) in [5.41, 5.74) is 6.19. The molecule has 0 spiro atoms. The molecule has 0 saturated heterocycles. The van der Waals surface area contributed by atoms with E-state index in [0.717, 1.165) is 5.56 Å². The van der Waals surface area contributed by atoms with Crippen LogP contribution in [0.4, 0.5) is 0 Å². The summed E-state index contributed by atoms with van der Waals surface area (Å²) < 4.78 is 0. The zero-order valence-electron chi connectivity index (χ0n) is 11.6. The van der Waals surface area contributed by atoms with Gasteiger partial charge in [-0.3, -0.25) is 14.4 Å². The fourth-order valence-corrected chi connectivity index (χ4v) is 1.74. The Balaban J connectivity index is 2.66. The van der Waals surface area contributed by atoms with Gasteiger partial charge >= 0.3 is 0 Å². The summed E-state index contributed by atoms with van der Waals surface area (Å²) in [5.74, 6) is -1.37. The van der Waals surface area contributed by atoms with Crippen molar-refractivity contribution in [3.8, 4) is 0 Å². The Morgan fingerprint density at radius 3 is 2.25 bits per heavy atom. The van der Waals surface area contributed by atoms with Crippen molar-refractivity contribution in [2.75, 3.05) is 0 Å². The molecule has 6 heteroatoms. The maximum absolute atomic E-state index is 11.8. The van der Waals surface area contributed by atoms with Gasteiger partial charge in [-0.25, -0.2) is 0 Å². The number of carbonyl (C=O) groups excluding carboxylic acids is 3. The Morgan fingerprint density at radius 1 is 1.15 bits per heavy atom. The lowest BCUT2D eigenvalue weighted by molar-refractivity contribution is -0.130. The molecular formula is C14H19N3O3. The van der Waals surface area contributed by atoms with Crippen LogP contribution in [0, 0.1) is 0 Å². The molecule has 1 aromatic rings. The van der Waals surface area contributed by atoms with Gasteiger partial charge in [-0.2, -0.15) is 0 Å². The second-order valence-electron chi connectivity index (χ2n) is 4.58. The van der Waals surface area contributed by atoms with Crippen molar-refractivity contribution < 1.29 is 14.4 Å². The van der Waals surface area contributed by atoms with Crippen LogP contribution >= 0.6 is 0 Å². The normalized spacial score (nSPS) is 13.1. The van der Waals surface area contributed by atoms with Gasteiger partial charge in [0.25, 0.3) is 0 Å². The largest absolute Gasteiger partial charge is 0.368 e. The quantitative estimate of drug-likeness (QED) is 0.666. The topological polar surface area (TPSA) is 101 Å². The van der Waals surface area contributed by atoms with Crippen LogP contribution in [0.3, 0.4) is 0 Å². The van der Waals surface area contributed by atoms with Crippen molar-refractivity contribution in [1.82, 2.24) is 10.6 Å². The Labute approximate surface area is 117 Å². The minimum absolute atomic E-state index is 0.314. The number of primary amides is 1. The van der Waals surface area contributed by atoms with E-state index in [2.05, 4.69) is 10.6 Å². The summed E-state index contributed by atoms with van der Waals surface area (Å²) >= 11 is 0. The molecule has 3 amide bonds. The lowest BCUT2D eigenvalue weighted by Crippen LogP contribution is -2.52. The standard InChI is InChI=1S/C14H19N3O3/c1-9(16-10(2)18)14(20)17-12(13(15)19)8-11-6-4-3-5-7-11/h3-7,9,12H,8H2,1-2H3,(H2,15,19)(H,16,18)(H,17,20)/t9-,12+/m1/s1. The van der Waals surface area contributed by atoms with E-state index in [9.17, 15) is 14.4 Å². The zero-order chi connectivity index (χ0) is 15.1. The van der Waals surface area contributed by atoms with Gasteiger partial charge in [0.05, 0.1) is 0 Å². The molecule has 0 aliphatic heterocycles. The number of hydrogen-bond acceptors (Lipinski definition) is 3. The molecular weight excluding hydrogens is 258 g/mol. The number of nitrogens with one attached hydrogen (secondary N) is 2. The van der Waals surface area contributed by atoms with Gasteiger partial charge in [0.1, 0.15) is 12.1 Å². The van der Waals surface area contributed by atoms with Gasteiger partial charge in [0.15, 0.2) is 0 Å². The molecule has 0 aliphatic carbocycles. The van der Waals surface area contributed by atoms with E-state index >= 15 is 0 Å². The van der Waals surface area contributed by atoms with E-state index in [-0.39, 0.29) is 5.91 Å². The summed E-state index contributed by atoms with van der Waals surface area (Å²) in [6, 6.07) is 7.72. The summed E-state index contributed by atoms with van der Waals surface area (Å²) in [7, 11) is 0. The molecule has 2 atom stereocenters. The van der Waals surface area contributed by atoms with E-state index in [1.54, 1.807) is 0 Å². The van der Waals surface area contributed by atoms with Crippen LogP contribution in [0.5, 0.6) is 0 Å². The Kier molecular flexibility index (Phi) is 5.71. The fraction of sp³-hybridized carbons (Fsp3) is 0.357. The number of benzene rings is 1. The van der Waals surface area contributed by atoms with Crippen molar-refractivity contribution in [2.45, 2.75) is 32.4 Å². The second kappa shape index (κ2) is 7.28. The molecule has 0 unspecified atom stereocenters. The summed E-state index contributed by atoms with van der Waals surface area (Å²) in [5, 5.41) is 4.99. The first-order valence-corrected chi connectivity index (χ1v) is 6.31. The van der Waals surface area contributed by atoms with Crippen LogP contribution in [0.2, 0.25) is 0 Å². The van der Waals surface area contributed by atoms with Crippen molar-refractivity contribution in [3.05, 3.63) is 35.9 Å². The molecule has 6 nitrogen and oxygen atoms in total. The number of rotatable bonds is 6. The molecule has 4 N–H and O–H groups in total. The lowest BCUT2D eigenvalue weighted by atomic mass is 10.1. The third kappa shape index (κ3) is 5.09. The molecule has 0 saturated carbocycles. The maximum Gasteiger partial charge on any atom is 0.242 e. The highest BCUT2D eigenvalue weighted by Gasteiger charge is 2.22. The Morgan fingerprint density at radius 2 is 1.75 bits per heavy atom. The van der Waals surface area contributed by atoms with Gasteiger partial charge in [-0.15, -0.1) is 0 Å². The summed E-state index contributed by atoms with van der Waals surface area (Å²) in [6.07, 6.45) is 0.314. The highest BCUT2D eigenvalue weighted by molar-refractivity contribution is 5.91. The van der Waals surface area contributed by atoms with Crippen LogP contribution in [-0.4, -0.2) is 29.8 Å². The predicted octanol–water partition coefficient (Wildman–Crippen LogP) is -0.276. The molecule has 1 rings (SSSR count).